The fraction of sp³-hybridized carbons (Fsp3) is 0.500. The molecule has 0 aromatic carbocycles. The van der Waals surface area contributed by atoms with Gasteiger partial charge in [0.1, 0.15) is 0 Å². The number of nitrogens with one attached hydrogen (secondary N) is 1. The number of hydrazine groups is 1. The molecule has 0 spiro atoms. The van der Waals surface area contributed by atoms with Crippen LogP contribution in [0.3, 0.4) is 0 Å². The number of aromatic nitrogens is 1. The van der Waals surface area contributed by atoms with Crippen LogP contribution in [0, 0.1) is 0 Å². The molecule has 0 saturated heterocycles. The summed E-state index contributed by atoms with van der Waals surface area (Å²) in [5, 5.41) is 0.795. The van der Waals surface area contributed by atoms with Gasteiger partial charge in [0.05, 0.1) is 0 Å². The molecule has 0 amide bonds. The lowest BCUT2D eigenvalue weighted by molar-refractivity contribution is 0.936. The lowest BCUT2D eigenvalue weighted by Gasteiger charge is -1.88. The SMILES string of the molecule is CCCc1cnc(NN)s1. The molecule has 56 valence electrons. The molecule has 0 radical (unpaired) electrons. The predicted octanol–water partition coefficient (Wildman–Crippen LogP) is 1.38. The summed E-state index contributed by atoms with van der Waals surface area (Å²) in [7, 11) is 0. The highest BCUT2D eigenvalue weighted by Gasteiger charge is 1.97. The number of nitrogen functional groups attached to an aromatic ring is 1. The molecule has 10 heavy (non-hydrogen) atoms. The van der Waals surface area contributed by atoms with Crippen LogP contribution < -0.4 is 11.3 Å². The summed E-state index contributed by atoms with van der Waals surface area (Å²) >= 11 is 1.61. The largest absolute Gasteiger partial charge is 0.300 e. The Morgan fingerprint density at radius 3 is 3.10 bits per heavy atom. The lowest BCUT2D eigenvalue weighted by Crippen LogP contribution is -2.05. The molecule has 0 aliphatic rings. The molecular formula is C6H11N3S. The number of anilines is 1. The van der Waals surface area contributed by atoms with Gasteiger partial charge in [-0.1, -0.05) is 13.3 Å². The Hall–Kier alpha value is -0.610. The van der Waals surface area contributed by atoms with E-state index in [0.29, 0.717) is 0 Å². The van der Waals surface area contributed by atoms with Crippen LogP contribution in [0.1, 0.15) is 18.2 Å². The van der Waals surface area contributed by atoms with Gasteiger partial charge >= 0.3 is 0 Å². The minimum Gasteiger partial charge on any atom is -0.300 e. The zero-order valence-electron chi connectivity index (χ0n) is 5.92. The van der Waals surface area contributed by atoms with Gasteiger partial charge in [0.25, 0.3) is 0 Å². The predicted molar refractivity (Wildman–Crippen MR) is 43.9 cm³/mol. The van der Waals surface area contributed by atoms with E-state index < -0.39 is 0 Å². The topological polar surface area (TPSA) is 50.9 Å². The molecule has 0 aliphatic heterocycles. The number of aryl methyl sites for hydroxylation is 1. The van der Waals surface area contributed by atoms with Gasteiger partial charge in [-0.25, -0.2) is 10.8 Å². The molecule has 1 aromatic heterocycles. The maximum absolute atomic E-state index is 5.16. The number of thiazole rings is 1. The highest BCUT2D eigenvalue weighted by atomic mass is 32.1. The zero-order valence-corrected chi connectivity index (χ0v) is 6.74. The van der Waals surface area contributed by atoms with E-state index in [2.05, 4.69) is 17.3 Å². The first-order valence-electron chi connectivity index (χ1n) is 3.28. The summed E-state index contributed by atoms with van der Waals surface area (Å²) in [5.74, 6) is 5.16. The third-order valence-corrected chi connectivity index (χ3v) is 2.16. The molecule has 0 unspecified atom stereocenters. The van der Waals surface area contributed by atoms with Gasteiger partial charge in [0.15, 0.2) is 5.13 Å². The van der Waals surface area contributed by atoms with Crippen LogP contribution in [0.4, 0.5) is 5.13 Å². The van der Waals surface area contributed by atoms with Gasteiger partial charge in [-0.2, -0.15) is 0 Å². The highest BCUT2D eigenvalue weighted by Crippen LogP contribution is 2.17. The van der Waals surface area contributed by atoms with E-state index in [1.165, 1.54) is 4.88 Å². The third kappa shape index (κ3) is 1.68. The monoisotopic (exact) mass is 157 g/mol. The van der Waals surface area contributed by atoms with Gasteiger partial charge in [-0.05, 0) is 6.42 Å². The van der Waals surface area contributed by atoms with E-state index in [-0.39, 0.29) is 0 Å². The second kappa shape index (κ2) is 3.53. The van der Waals surface area contributed by atoms with Crippen molar-refractivity contribution in [3.05, 3.63) is 11.1 Å². The van der Waals surface area contributed by atoms with Crippen LogP contribution in [-0.4, -0.2) is 4.98 Å². The molecular weight excluding hydrogens is 146 g/mol. The van der Waals surface area contributed by atoms with Crippen molar-refractivity contribution >= 4 is 16.5 Å². The zero-order chi connectivity index (χ0) is 7.40. The van der Waals surface area contributed by atoms with E-state index in [0.717, 1.165) is 18.0 Å². The van der Waals surface area contributed by atoms with Crippen LogP contribution in [0.5, 0.6) is 0 Å². The molecule has 0 aliphatic carbocycles. The summed E-state index contributed by atoms with van der Waals surface area (Å²) in [6.07, 6.45) is 4.12. The van der Waals surface area contributed by atoms with Crippen molar-refractivity contribution in [1.29, 1.82) is 0 Å². The molecule has 1 aromatic rings. The third-order valence-electron chi connectivity index (χ3n) is 1.17. The summed E-state index contributed by atoms with van der Waals surface area (Å²) in [5.41, 5.74) is 2.51. The van der Waals surface area contributed by atoms with Crippen LogP contribution in [-0.2, 0) is 6.42 Å². The average Bonchev–Trinajstić information content (AvgIpc) is 2.37. The Kier molecular flexibility index (Phi) is 2.65. The van der Waals surface area contributed by atoms with Crippen molar-refractivity contribution in [2.24, 2.45) is 5.84 Å². The van der Waals surface area contributed by atoms with Crippen molar-refractivity contribution in [2.75, 3.05) is 5.43 Å². The molecule has 0 saturated carbocycles. The van der Waals surface area contributed by atoms with Gasteiger partial charge in [-0.3, -0.25) is 5.43 Å². The van der Waals surface area contributed by atoms with E-state index in [1.54, 1.807) is 11.3 Å². The summed E-state index contributed by atoms with van der Waals surface area (Å²) < 4.78 is 0. The Bertz CT molecular complexity index is 197. The second-order valence-corrected chi connectivity index (χ2v) is 3.14. The van der Waals surface area contributed by atoms with E-state index in [9.17, 15) is 0 Å². The standard InChI is InChI=1S/C6H11N3S/c1-2-3-5-4-8-6(9-7)10-5/h4H,2-3,7H2,1H3,(H,8,9). The van der Waals surface area contributed by atoms with Crippen molar-refractivity contribution in [3.8, 4) is 0 Å². The summed E-state index contributed by atoms with van der Waals surface area (Å²) in [6, 6.07) is 0. The molecule has 3 N–H and O–H groups in total. The van der Waals surface area contributed by atoms with E-state index in [1.807, 2.05) is 6.20 Å². The first-order valence-corrected chi connectivity index (χ1v) is 4.09. The molecule has 4 heteroatoms. The Labute approximate surface area is 64.2 Å². The maximum Gasteiger partial charge on any atom is 0.197 e. The highest BCUT2D eigenvalue weighted by molar-refractivity contribution is 7.15. The van der Waals surface area contributed by atoms with Crippen LogP contribution >= 0.6 is 11.3 Å². The van der Waals surface area contributed by atoms with Crippen LogP contribution in [0.15, 0.2) is 6.20 Å². The quantitative estimate of drug-likeness (QED) is 0.515. The minimum atomic E-state index is 0.795. The smallest absolute Gasteiger partial charge is 0.197 e. The Balaban J connectivity index is 2.59. The number of hydrogen-bond acceptors (Lipinski definition) is 4. The first kappa shape index (κ1) is 7.50. The van der Waals surface area contributed by atoms with Crippen LogP contribution in [0.2, 0.25) is 0 Å². The van der Waals surface area contributed by atoms with Crippen molar-refractivity contribution in [2.45, 2.75) is 19.8 Å². The van der Waals surface area contributed by atoms with Crippen molar-refractivity contribution in [3.63, 3.8) is 0 Å². The summed E-state index contributed by atoms with van der Waals surface area (Å²) in [4.78, 5) is 5.32. The lowest BCUT2D eigenvalue weighted by atomic mass is 10.3. The molecule has 1 rings (SSSR count). The van der Waals surface area contributed by atoms with E-state index >= 15 is 0 Å². The van der Waals surface area contributed by atoms with Crippen molar-refractivity contribution in [1.82, 2.24) is 4.98 Å². The molecule has 0 atom stereocenters. The normalized spacial score (nSPS) is 9.80. The Morgan fingerprint density at radius 2 is 2.60 bits per heavy atom. The first-order chi connectivity index (χ1) is 4.86. The van der Waals surface area contributed by atoms with Gasteiger partial charge in [-0.15, -0.1) is 11.3 Å². The van der Waals surface area contributed by atoms with Crippen LogP contribution in [0.25, 0.3) is 0 Å². The number of nitrogens with zero attached hydrogens (tertiary/aromatic N) is 1. The molecule has 0 bridgehead atoms. The van der Waals surface area contributed by atoms with E-state index in [4.69, 9.17) is 5.84 Å². The second-order valence-electron chi connectivity index (χ2n) is 2.03. The number of hydrogen-bond donors (Lipinski definition) is 2. The number of nitrogens with two attached hydrogens (primary N) is 1. The minimum absolute atomic E-state index is 0.795. The fourth-order valence-corrected chi connectivity index (χ4v) is 1.56. The summed E-state index contributed by atoms with van der Waals surface area (Å²) in [6.45, 7) is 2.15. The van der Waals surface area contributed by atoms with Gasteiger partial charge in [0, 0.05) is 11.1 Å². The fourth-order valence-electron chi connectivity index (χ4n) is 0.736. The number of rotatable bonds is 3. The Morgan fingerprint density at radius 1 is 1.80 bits per heavy atom. The molecule has 1 heterocycles. The maximum atomic E-state index is 5.16. The molecule has 0 fully saturated rings. The average molecular weight is 157 g/mol. The van der Waals surface area contributed by atoms with Gasteiger partial charge < -0.3 is 0 Å². The molecule has 3 nitrogen and oxygen atoms in total. The van der Waals surface area contributed by atoms with Crippen molar-refractivity contribution < 1.29 is 0 Å². The van der Waals surface area contributed by atoms with Gasteiger partial charge in [0.2, 0.25) is 0 Å².